The molecule has 0 aromatic carbocycles. The van der Waals surface area contributed by atoms with E-state index in [2.05, 4.69) is 15.9 Å². The largest absolute Gasteiger partial charge is 0.392 e. The summed E-state index contributed by atoms with van der Waals surface area (Å²) >= 11 is 3.47. The molecule has 0 amide bonds. The number of hydrogen-bond acceptors (Lipinski definition) is 3. The molecule has 2 aliphatic rings. The third-order valence-corrected chi connectivity index (χ3v) is 4.91. The maximum Gasteiger partial charge on any atom is 0.320 e. The van der Waals surface area contributed by atoms with Crippen molar-refractivity contribution in [3.8, 4) is 0 Å². The summed E-state index contributed by atoms with van der Waals surface area (Å²) in [6, 6.07) is 0. The van der Waals surface area contributed by atoms with Crippen molar-refractivity contribution >= 4 is 27.9 Å². The van der Waals surface area contributed by atoms with Gasteiger partial charge in [-0.25, -0.2) is 0 Å². The summed E-state index contributed by atoms with van der Waals surface area (Å²) in [5.74, 6) is -0.951. The van der Waals surface area contributed by atoms with E-state index in [4.69, 9.17) is 4.74 Å². The first-order valence-corrected chi connectivity index (χ1v) is 5.62. The van der Waals surface area contributed by atoms with E-state index in [9.17, 15) is 9.59 Å². The number of carbonyl (C=O) groups is 2. The Morgan fingerprint density at radius 2 is 1.93 bits per heavy atom. The summed E-state index contributed by atoms with van der Waals surface area (Å²) < 4.78 is 4.77. The summed E-state index contributed by atoms with van der Waals surface area (Å²) in [5, 5.41) is 0. The number of ether oxygens (including phenoxy) is 1. The second-order valence-corrected chi connectivity index (χ2v) is 6.14. The van der Waals surface area contributed by atoms with E-state index in [-0.39, 0.29) is 28.1 Å². The van der Waals surface area contributed by atoms with Crippen molar-refractivity contribution in [2.45, 2.75) is 32.0 Å². The van der Waals surface area contributed by atoms with Crippen LogP contribution >= 0.6 is 15.9 Å². The summed E-state index contributed by atoms with van der Waals surface area (Å²) in [6.07, 6.45) is 0.676. The van der Waals surface area contributed by atoms with E-state index < -0.39 is 5.41 Å². The number of rotatable bonds is 0. The fourth-order valence-electron chi connectivity index (χ4n) is 2.62. The van der Waals surface area contributed by atoms with Gasteiger partial charge in [0.15, 0.2) is 0 Å². The van der Waals surface area contributed by atoms with Crippen LogP contribution in [0.4, 0.5) is 0 Å². The second kappa shape index (κ2) is 2.60. The molecule has 0 aromatic heterocycles. The van der Waals surface area contributed by atoms with Crippen LogP contribution in [0.3, 0.4) is 0 Å². The highest BCUT2D eigenvalue weighted by atomic mass is 79.9. The predicted octanol–water partition coefficient (Wildman–Crippen LogP) is 1.89. The van der Waals surface area contributed by atoms with E-state index in [1.807, 2.05) is 20.8 Å². The van der Waals surface area contributed by atoms with Crippen molar-refractivity contribution in [1.29, 1.82) is 0 Å². The normalized spacial score (nSPS) is 45.1. The van der Waals surface area contributed by atoms with Crippen molar-refractivity contribution in [2.75, 3.05) is 0 Å². The number of alkyl halides is 1. The molecule has 14 heavy (non-hydrogen) atoms. The van der Waals surface area contributed by atoms with Crippen LogP contribution in [0.5, 0.6) is 0 Å². The molecule has 2 fully saturated rings. The smallest absolute Gasteiger partial charge is 0.320 e. The fraction of sp³-hybridized carbons (Fsp3) is 0.800. The Morgan fingerprint density at radius 3 is 2.50 bits per heavy atom. The highest BCUT2D eigenvalue weighted by Crippen LogP contribution is 2.61. The maximum absolute atomic E-state index is 11.7. The third kappa shape index (κ3) is 0.926. The van der Waals surface area contributed by atoms with Crippen LogP contribution in [0.1, 0.15) is 27.2 Å². The first kappa shape index (κ1) is 10.1. The van der Waals surface area contributed by atoms with Crippen LogP contribution < -0.4 is 0 Å². The molecule has 2 rings (SSSR count). The van der Waals surface area contributed by atoms with E-state index in [0.717, 1.165) is 0 Å². The minimum absolute atomic E-state index is 0.0569. The lowest BCUT2D eigenvalue weighted by Gasteiger charge is -2.41. The Kier molecular flexibility index (Phi) is 1.88. The van der Waals surface area contributed by atoms with Gasteiger partial charge in [0.05, 0.1) is 11.3 Å². The zero-order valence-corrected chi connectivity index (χ0v) is 10.1. The lowest BCUT2D eigenvalue weighted by Crippen LogP contribution is -2.50. The lowest BCUT2D eigenvalue weighted by molar-refractivity contribution is -0.184. The third-order valence-electron chi connectivity index (χ3n) is 4.06. The quantitative estimate of drug-likeness (QED) is 0.380. The number of cyclic esters (lactones) is 2. The molecule has 78 valence electrons. The first-order valence-electron chi connectivity index (χ1n) is 4.71. The first-order chi connectivity index (χ1) is 6.30. The highest BCUT2D eigenvalue weighted by molar-refractivity contribution is 9.09. The summed E-state index contributed by atoms with van der Waals surface area (Å²) in [4.78, 5) is 23.3. The monoisotopic (exact) mass is 260 g/mol. The molecular formula is C10H13BrO3. The zero-order valence-electron chi connectivity index (χ0n) is 8.46. The van der Waals surface area contributed by atoms with Crippen molar-refractivity contribution < 1.29 is 14.3 Å². The molecule has 1 aliphatic heterocycles. The van der Waals surface area contributed by atoms with E-state index in [1.165, 1.54) is 0 Å². The van der Waals surface area contributed by atoms with Crippen LogP contribution in [0.2, 0.25) is 0 Å². The van der Waals surface area contributed by atoms with Gasteiger partial charge in [0.25, 0.3) is 0 Å². The standard InChI is InChI=1S/C10H13BrO3/c1-9(2)6-5(11)4-10(9,3)8(13)14-7(6)12/h5-6H,4H2,1-3H3/t5?,6-,10+/m1/s1. The van der Waals surface area contributed by atoms with E-state index in [1.54, 1.807) is 0 Å². The molecular weight excluding hydrogens is 248 g/mol. The number of halogens is 1. The summed E-state index contributed by atoms with van der Waals surface area (Å²) in [6.45, 7) is 5.82. The molecule has 1 aliphatic carbocycles. The molecule has 4 heteroatoms. The van der Waals surface area contributed by atoms with Crippen LogP contribution in [0.25, 0.3) is 0 Å². The Labute approximate surface area is 91.3 Å². The molecule has 0 radical (unpaired) electrons. The average molecular weight is 261 g/mol. The maximum atomic E-state index is 11.7. The van der Waals surface area contributed by atoms with Gasteiger partial charge in [0.2, 0.25) is 0 Å². The molecule has 1 saturated heterocycles. The van der Waals surface area contributed by atoms with Crippen LogP contribution in [-0.4, -0.2) is 16.8 Å². The van der Waals surface area contributed by atoms with E-state index >= 15 is 0 Å². The minimum atomic E-state index is -0.528. The summed E-state index contributed by atoms with van der Waals surface area (Å²) in [7, 11) is 0. The molecule has 1 heterocycles. The topological polar surface area (TPSA) is 43.4 Å². The molecule has 0 aromatic rings. The van der Waals surface area contributed by atoms with Gasteiger partial charge in [-0.1, -0.05) is 29.8 Å². The predicted molar refractivity (Wildman–Crippen MR) is 53.8 cm³/mol. The number of fused-ring (bicyclic) bond motifs is 2. The van der Waals surface area contributed by atoms with Gasteiger partial charge in [0, 0.05) is 4.83 Å². The Balaban J connectivity index is 2.55. The van der Waals surface area contributed by atoms with Gasteiger partial charge in [-0.3, -0.25) is 9.59 Å². The number of carbonyl (C=O) groups excluding carboxylic acids is 2. The summed E-state index contributed by atoms with van der Waals surface area (Å²) in [5.41, 5.74) is -0.840. The molecule has 0 spiro atoms. The Bertz CT molecular complexity index is 323. The molecule has 2 bridgehead atoms. The molecule has 0 N–H and O–H groups in total. The van der Waals surface area contributed by atoms with Crippen molar-refractivity contribution in [1.82, 2.24) is 0 Å². The average Bonchev–Trinajstić information content (AvgIpc) is 2.11. The van der Waals surface area contributed by atoms with Gasteiger partial charge in [-0.05, 0) is 18.8 Å². The van der Waals surface area contributed by atoms with Gasteiger partial charge < -0.3 is 4.74 Å². The Hall–Kier alpha value is -0.380. The Morgan fingerprint density at radius 1 is 1.36 bits per heavy atom. The molecule has 1 saturated carbocycles. The van der Waals surface area contributed by atoms with E-state index in [0.29, 0.717) is 6.42 Å². The minimum Gasteiger partial charge on any atom is -0.392 e. The van der Waals surface area contributed by atoms with Gasteiger partial charge in [0.1, 0.15) is 0 Å². The van der Waals surface area contributed by atoms with Gasteiger partial charge in [-0.2, -0.15) is 0 Å². The SMILES string of the molecule is CC1(C)[C@H]2C(=O)OC(=O)[C@]1(C)CC2Br. The van der Waals surface area contributed by atoms with Gasteiger partial charge >= 0.3 is 11.9 Å². The lowest BCUT2D eigenvalue weighted by atomic mass is 9.64. The van der Waals surface area contributed by atoms with Crippen LogP contribution in [0, 0.1) is 16.7 Å². The highest BCUT2D eigenvalue weighted by Gasteiger charge is 2.66. The van der Waals surface area contributed by atoms with Crippen LogP contribution in [0.15, 0.2) is 0 Å². The molecule has 3 atom stereocenters. The van der Waals surface area contributed by atoms with Crippen molar-refractivity contribution in [3.63, 3.8) is 0 Å². The van der Waals surface area contributed by atoms with Crippen LogP contribution in [-0.2, 0) is 14.3 Å². The second-order valence-electron chi connectivity index (χ2n) is 4.96. The zero-order chi connectivity index (χ0) is 10.7. The number of esters is 2. The number of hydrogen-bond donors (Lipinski definition) is 0. The van der Waals surface area contributed by atoms with Gasteiger partial charge in [-0.15, -0.1) is 0 Å². The van der Waals surface area contributed by atoms with Crippen molar-refractivity contribution in [2.24, 2.45) is 16.7 Å². The fourth-order valence-corrected chi connectivity index (χ4v) is 4.15. The molecule has 1 unspecified atom stereocenters. The van der Waals surface area contributed by atoms with Crippen molar-refractivity contribution in [3.05, 3.63) is 0 Å². The molecule has 3 nitrogen and oxygen atoms in total.